The molecule has 2 rings (SSSR count). The summed E-state index contributed by atoms with van der Waals surface area (Å²) in [6.07, 6.45) is 1.94. The van der Waals surface area contributed by atoms with E-state index >= 15 is 0 Å². The van der Waals surface area contributed by atoms with E-state index in [9.17, 15) is 0 Å². The highest BCUT2D eigenvalue weighted by molar-refractivity contribution is 5.75. The third kappa shape index (κ3) is 2.56. The first-order chi connectivity index (χ1) is 8.57. The van der Waals surface area contributed by atoms with Gasteiger partial charge in [-0.05, 0) is 32.4 Å². The number of hydrogen-bond donors (Lipinski definition) is 0. The van der Waals surface area contributed by atoms with Gasteiger partial charge in [0.05, 0.1) is 16.6 Å². The van der Waals surface area contributed by atoms with E-state index in [1.165, 1.54) is 5.52 Å². The minimum Gasteiger partial charge on any atom is -0.379 e. The van der Waals surface area contributed by atoms with Gasteiger partial charge in [-0.25, -0.2) is 4.98 Å². The fraction of sp³-hybridized carbons (Fsp3) is 0.533. The molecule has 3 nitrogen and oxygen atoms in total. The first-order valence-corrected chi connectivity index (χ1v) is 6.56. The molecule has 0 radical (unpaired) electrons. The number of ether oxygens (including phenoxy) is 1. The fourth-order valence-electron chi connectivity index (χ4n) is 2.13. The molecule has 0 N–H and O–H groups in total. The van der Waals surface area contributed by atoms with E-state index < -0.39 is 0 Å². The molecule has 0 aliphatic carbocycles. The Hall–Kier alpha value is -1.35. The van der Waals surface area contributed by atoms with E-state index in [1.54, 1.807) is 7.11 Å². The first kappa shape index (κ1) is 13.1. The van der Waals surface area contributed by atoms with Gasteiger partial charge in [0.25, 0.3) is 0 Å². The Morgan fingerprint density at radius 2 is 2.00 bits per heavy atom. The molecule has 18 heavy (non-hydrogen) atoms. The quantitative estimate of drug-likeness (QED) is 0.808. The van der Waals surface area contributed by atoms with Crippen LogP contribution in [0.5, 0.6) is 0 Å². The van der Waals surface area contributed by atoms with Crippen molar-refractivity contribution in [3.05, 3.63) is 30.1 Å². The van der Waals surface area contributed by atoms with Gasteiger partial charge in [-0.2, -0.15) is 0 Å². The maximum atomic E-state index is 5.49. The molecule has 98 valence electrons. The molecular weight excluding hydrogens is 224 g/mol. The topological polar surface area (TPSA) is 27.1 Å². The lowest BCUT2D eigenvalue weighted by molar-refractivity contribution is 0.0121. The van der Waals surface area contributed by atoms with Crippen LogP contribution < -0.4 is 0 Å². The maximum Gasteiger partial charge on any atom is 0.109 e. The zero-order valence-electron chi connectivity index (χ0n) is 11.7. The summed E-state index contributed by atoms with van der Waals surface area (Å²) in [7, 11) is 1.77. The summed E-state index contributed by atoms with van der Waals surface area (Å²) in [5.41, 5.74) is 2.22. The van der Waals surface area contributed by atoms with Crippen molar-refractivity contribution in [2.75, 3.05) is 7.11 Å². The molecular formula is C15H22N2O. The average molecular weight is 246 g/mol. The van der Waals surface area contributed by atoms with Crippen LogP contribution in [0.4, 0.5) is 0 Å². The van der Waals surface area contributed by atoms with Crippen LogP contribution in [-0.4, -0.2) is 22.3 Å². The highest BCUT2D eigenvalue weighted by atomic mass is 16.5. The van der Waals surface area contributed by atoms with Gasteiger partial charge in [0.2, 0.25) is 0 Å². The van der Waals surface area contributed by atoms with Crippen LogP contribution in [0.2, 0.25) is 0 Å². The standard InChI is InChI=1S/C15H22N2O/c1-5-14-16-12-8-6-7-9-13(12)17(14)11-10-15(2,3)18-4/h6-9H,5,10-11H2,1-4H3. The number of rotatable bonds is 5. The monoisotopic (exact) mass is 246 g/mol. The Kier molecular flexibility index (Phi) is 3.71. The van der Waals surface area contributed by atoms with Gasteiger partial charge in [0, 0.05) is 20.1 Å². The van der Waals surface area contributed by atoms with Crippen LogP contribution >= 0.6 is 0 Å². The lowest BCUT2D eigenvalue weighted by Gasteiger charge is -2.23. The van der Waals surface area contributed by atoms with Crippen molar-refractivity contribution >= 4 is 11.0 Å². The predicted octanol–water partition coefficient (Wildman–Crippen LogP) is 3.41. The summed E-state index contributed by atoms with van der Waals surface area (Å²) in [5.74, 6) is 1.16. The number of nitrogens with zero attached hydrogens (tertiary/aromatic N) is 2. The number of fused-ring (bicyclic) bond motifs is 1. The molecule has 0 atom stereocenters. The van der Waals surface area contributed by atoms with Crippen LogP contribution in [0, 0.1) is 0 Å². The van der Waals surface area contributed by atoms with Crippen molar-refractivity contribution in [1.29, 1.82) is 0 Å². The van der Waals surface area contributed by atoms with E-state index in [0.717, 1.165) is 30.7 Å². The van der Waals surface area contributed by atoms with Crippen molar-refractivity contribution in [2.45, 2.75) is 45.8 Å². The number of aromatic nitrogens is 2. The summed E-state index contributed by atoms with van der Waals surface area (Å²) in [6, 6.07) is 8.33. The summed E-state index contributed by atoms with van der Waals surface area (Å²) in [6.45, 7) is 7.35. The fourth-order valence-corrected chi connectivity index (χ4v) is 2.13. The Bertz CT molecular complexity index is 528. The minimum absolute atomic E-state index is 0.0869. The predicted molar refractivity (Wildman–Crippen MR) is 74.8 cm³/mol. The van der Waals surface area contributed by atoms with Crippen molar-refractivity contribution < 1.29 is 4.74 Å². The molecule has 0 saturated heterocycles. The summed E-state index contributed by atoms with van der Waals surface area (Å²) in [5, 5.41) is 0. The van der Waals surface area contributed by atoms with Crippen LogP contribution in [0.1, 0.15) is 33.0 Å². The number of imidazole rings is 1. The van der Waals surface area contributed by atoms with Crippen molar-refractivity contribution in [3.8, 4) is 0 Å². The molecule has 1 heterocycles. The second kappa shape index (κ2) is 5.11. The van der Waals surface area contributed by atoms with Gasteiger partial charge >= 0.3 is 0 Å². The van der Waals surface area contributed by atoms with Gasteiger partial charge in [-0.3, -0.25) is 0 Å². The molecule has 0 aliphatic rings. The maximum absolute atomic E-state index is 5.49. The highest BCUT2D eigenvalue weighted by Gasteiger charge is 2.18. The van der Waals surface area contributed by atoms with Crippen molar-refractivity contribution in [2.24, 2.45) is 0 Å². The molecule has 0 bridgehead atoms. The normalized spacial score (nSPS) is 12.2. The van der Waals surface area contributed by atoms with Crippen molar-refractivity contribution in [3.63, 3.8) is 0 Å². The highest BCUT2D eigenvalue weighted by Crippen LogP contribution is 2.20. The van der Waals surface area contributed by atoms with Gasteiger partial charge in [0.1, 0.15) is 5.82 Å². The summed E-state index contributed by atoms with van der Waals surface area (Å²) < 4.78 is 7.80. The number of aryl methyl sites for hydroxylation is 2. The summed E-state index contributed by atoms with van der Waals surface area (Å²) >= 11 is 0. The largest absolute Gasteiger partial charge is 0.379 e. The van der Waals surface area contributed by atoms with E-state index in [0.29, 0.717) is 0 Å². The third-order valence-corrected chi connectivity index (χ3v) is 3.54. The second-order valence-corrected chi connectivity index (χ2v) is 5.24. The van der Waals surface area contributed by atoms with E-state index in [2.05, 4.69) is 48.5 Å². The molecule has 0 spiro atoms. The van der Waals surface area contributed by atoms with Crippen LogP contribution in [-0.2, 0) is 17.7 Å². The number of hydrogen-bond acceptors (Lipinski definition) is 2. The summed E-state index contributed by atoms with van der Waals surface area (Å²) in [4.78, 5) is 4.68. The van der Waals surface area contributed by atoms with Crippen molar-refractivity contribution in [1.82, 2.24) is 9.55 Å². The van der Waals surface area contributed by atoms with Crippen LogP contribution in [0.3, 0.4) is 0 Å². The number of benzene rings is 1. The Morgan fingerprint density at radius 1 is 1.28 bits per heavy atom. The molecule has 2 aromatic rings. The number of methoxy groups -OCH3 is 1. The molecule has 0 fully saturated rings. The SMILES string of the molecule is CCc1nc2ccccc2n1CCC(C)(C)OC. The average Bonchev–Trinajstić information content (AvgIpc) is 2.74. The van der Waals surface area contributed by atoms with E-state index in [1.807, 2.05) is 6.07 Å². The van der Waals surface area contributed by atoms with Gasteiger partial charge in [-0.1, -0.05) is 19.1 Å². The molecule has 0 unspecified atom stereocenters. The second-order valence-electron chi connectivity index (χ2n) is 5.24. The third-order valence-electron chi connectivity index (χ3n) is 3.54. The van der Waals surface area contributed by atoms with E-state index in [4.69, 9.17) is 4.74 Å². The molecule has 0 aliphatic heterocycles. The van der Waals surface area contributed by atoms with E-state index in [-0.39, 0.29) is 5.60 Å². The zero-order chi connectivity index (χ0) is 13.2. The Labute approximate surface area is 109 Å². The Morgan fingerprint density at radius 3 is 2.67 bits per heavy atom. The molecule has 1 aromatic heterocycles. The molecule has 1 aromatic carbocycles. The molecule has 3 heteroatoms. The molecule has 0 saturated carbocycles. The lowest BCUT2D eigenvalue weighted by Crippen LogP contribution is -2.24. The zero-order valence-corrected chi connectivity index (χ0v) is 11.7. The smallest absolute Gasteiger partial charge is 0.109 e. The van der Waals surface area contributed by atoms with Gasteiger partial charge in [0.15, 0.2) is 0 Å². The van der Waals surface area contributed by atoms with Gasteiger partial charge in [-0.15, -0.1) is 0 Å². The Balaban J connectivity index is 2.31. The van der Waals surface area contributed by atoms with Crippen LogP contribution in [0.25, 0.3) is 11.0 Å². The number of para-hydroxylation sites is 2. The van der Waals surface area contributed by atoms with Gasteiger partial charge < -0.3 is 9.30 Å². The lowest BCUT2D eigenvalue weighted by atomic mass is 10.1. The molecule has 0 amide bonds. The minimum atomic E-state index is -0.0869. The first-order valence-electron chi connectivity index (χ1n) is 6.56. The van der Waals surface area contributed by atoms with Crippen LogP contribution in [0.15, 0.2) is 24.3 Å².